The van der Waals surface area contributed by atoms with Crippen LogP contribution in [-0.2, 0) is 17.6 Å². The summed E-state index contributed by atoms with van der Waals surface area (Å²) in [5, 5.41) is 0. The number of ether oxygens (including phenoxy) is 2. The van der Waals surface area contributed by atoms with Gasteiger partial charge in [0.05, 0.1) is 0 Å². The first kappa shape index (κ1) is 21.4. The molecule has 1 fully saturated rings. The number of carbonyl (C=O) groups is 2. The first-order valence-corrected chi connectivity index (χ1v) is 11.3. The molecule has 31 heavy (non-hydrogen) atoms. The fourth-order valence-electron chi connectivity index (χ4n) is 4.41. The number of amides is 1. The Morgan fingerprint density at radius 3 is 2.35 bits per heavy atom. The maximum atomic E-state index is 12.9. The van der Waals surface area contributed by atoms with Gasteiger partial charge in [0.2, 0.25) is 12.7 Å². The molecule has 2 aromatic carbocycles. The molecule has 0 unspecified atom stereocenters. The third kappa shape index (κ3) is 5.27. The topological polar surface area (TPSA) is 55.8 Å². The van der Waals surface area contributed by atoms with Crippen molar-refractivity contribution in [3.05, 3.63) is 59.2 Å². The lowest BCUT2D eigenvalue weighted by molar-refractivity contribution is -0.132. The second-order valence-corrected chi connectivity index (χ2v) is 9.00. The van der Waals surface area contributed by atoms with Crippen LogP contribution in [-0.4, -0.2) is 36.5 Å². The number of Topliss-reactive ketones (excluding diaryl/α,β-unsaturated/α-hetero) is 1. The number of likely N-dealkylation sites (tertiary alicyclic amines) is 1. The highest BCUT2D eigenvalue weighted by Crippen LogP contribution is 2.33. The number of hydrogen-bond donors (Lipinski definition) is 0. The van der Waals surface area contributed by atoms with Crippen molar-refractivity contribution in [1.82, 2.24) is 4.90 Å². The molecule has 0 bridgehead atoms. The number of nitrogens with zero attached hydrogens (tertiary/aromatic N) is 1. The molecular formula is C26H31NO4. The van der Waals surface area contributed by atoms with Crippen LogP contribution in [0.25, 0.3) is 0 Å². The third-order valence-electron chi connectivity index (χ3n) is 6.17. The zero-order valence-corrected chi connectivity index (χ0v) is 18.4. The maximum absolute atomic E-state index is 12.9. The van der Waals surface area contributed by atoms with Gasteiger partial charge in [-0.2, -0.15) is 0 Å². The Balaban J connectivity index is 1.25. The summed E-state index contributed by atoms with van der Waals surface area (Å²) < 4.78 is 10.7. The van der Waals surface area contributed by atoms with Gasteiger partial charge < -0.3 is 14.4 Å². The van der Waals surface area contributed by atoms with Crippen molar-refractivity contribution in [2.75, 3.05) is 19.9 Å². The minimum atomic E-state index is 0.00820. The number of rotatable bonds is 7. The van der Waals surface area contributed by atoms with Crippen LogP contribution in [0.15, 0.2) is 42.5 Å². The lowest BCUT2D eigenvalue weighted by Crippen LogP contribution is -2.40. The Labute approximate surface area is 184 Å². The molecule has 0 N–H and O–H groups in total. The summed E-state index contributed by atoms with van der Waals surface area (Å²) >= 11 is 0. The summed E-state index contributed by atoms with van der Waals surface area (Å²) in [5.74, 6) is 2.49. The Morgan fingerprint density at radius 1 is 0.968 bits per heavy atom. The van der Waals surface area contributed by atoms with Gasteiger partial charge in [0.15, 0.2) is 17.3 Å². The van der Waals surface area contributed by atoms with Gasteiger partial charge in [-0.3, -0.25) is 9.59 Å². The van der Waals surface area contributed by atoms with Gasteiger partial charge in [-0.25, -0.2) is 0 Å². The highest BCUT2D eigenvalue weighted by atomic mass is 16.7. The summed E-state index contributed by atoms with van der Waals surface area (Å²) in [6.07, 6.45) is 3.65. The molecule has 1 saturated heterocycles. The quantitative estimate of drug-likeness (QED) is 0.610. The van der Waals surface area contributed by atoms with E-state index in [0.717, 1.165) is 41.9 Å². The van der Waals surface area contributed by atoms with Gasteiger partial charge >= 0.3 is 0 Å². The second-order valence-electron chi connectivity index (χ2n) is 9.00. The second kappa shape index (κ2) is 9.54. The Morgan fingerprint density at radius 2 is 1.65 bits per heavy atom. The minimum Gasteiger partial charge on any atom is -0.454 e. The number of ketones is 1. The summed E-state index contributed by atoms with van der Waals surface area (Å²) in [5.41, 5.74) is 3.14. The molecule has 164 valence electrons. The molecule has 0 aromatic heterocycles. The van der Waals surface area contributed by atoms with E-state index in [2.05, 4.69) is 26.0 Å². The molecule has 0 atom stereocenters. The Kier molecular flexibility index (Phi) is 6.59. The van der Waals surface area contributed by atoms with E-state index in [1.807, 2.05) is 35.2 Å². The van der Waals surface area contributed by atoms with E-state index >= 15 is 0 Å². The summed E-state index contributed by atoms with van der Waals surface area (Å²) in [7, 11) is 0. The molecule has 2 aliphatic rings. The van der Waals surface area contributed by atoms with Gasteiger partial charge in [-0.1, -0.05) is 44.2 Å². The predicted octanol–water partition coefficient (Wildman–Crippen LogP) is 4.67. The van der Waals surface area contributed by atoms with E-state index in [9.17, 15) is 9.59 Å². The average Bonchev–Trinajstić information content (AvgIpc) is 3.25. The van der Waals surface area contributed by atoms with Crippen LogP contribution in [0.2, 0.25) is 0 Å². The zero-order chi connectivity index (χ0) is 21.8. The van der Waals surface area contributed by atoms with Crippen molar-refractivity contribution in [1.29, 1.82) is 0 Å². The van der Waals surface area contributed by atoms with Crippen LogP contribution >= 0.6 is 0 Å². The molecule has 2 aromatic rings. The van der Waals surface area contributed by atoms with Gasteiger partial charge in [0, 0.05) is 31.0 Å². The molecule has 2 aliphatic heterocycles. The maximum Gasteiger partial charge on any atom is 0.231 e. The van der Waals surface area contributed by atoms with Crippen LogP contribution in [0.5, 0.6) is 11.5 Å². The molecule has 0 radical (unpaired) electrons. The van der Waals surface area contributed by atoms with Crippen molar-refractivity contribution in [3.8, 4) is 11.5 Å². The highest BCUT2D eigenvalue weighted by molar-refractivity contribution is 5.98. The fourth-order valence-corrected chi connectivity index (χ4v) is 4.41. The lowest BCUT2D eigenvalue weighted by atomic mass is 9.88. The molecule has 0 saturated carbocycles. The molecule has 1 amide bonds. The van der Waals surface area contributed by atoms with Crippen LogP contribution in [0, 0.1) is 11.8 Å². The monoisotopic (exact) mass is 421 g/mol. The Bertz CT molecular complexity index is 927. The minimum absolute atomic E-state index is 0.00820. The van der Waals surface area contributed by atoms with Crippen molar-refractivity contribution in [2.45, 2.75) is 46.0 Å². The van der Waals surface area contributed by atoms with E-state index in [0.29, 0.717) is 31.8 Å². The van der Waals surface area contributed by atoms with E-state index in [1.54, 1.807) is 0 Å². The lowest BCUT2D eigenvalue weighted by Gasteiger charge is -2.31. The average molecular weight is 422 g/mol. The summed E-state index contributed by atoms with van der Waals surface area (Å²) in [4.78, 5) is 27.5. The van der Waals surface area contributed by atoms with Crippen LogP contribution < -0.4 is 9.47 Å². The SMILES string of the molecule is CC(C)Cc1ccc(C(=O)C2CCN(C(=O)CCc3ccc4c(c3)OCO4)CC2)cc1. The third-order valence-corrected chi connectivity index (χ3v) is 6.17. The van der Waals surface area contributed by atoms with E-state index in [4.69, 9.17) is 9.47 Å². The van der Waals surface area contributed by atoms with Crippen molar-refractivity contribution >= 4 is 11.7 Å². The summed E-state index contributed by atoms with van der Waals surface area (Å²) in [6, 6.07) is 13.9. The van der Waals surface area contributed by atoms with Crippen molar-refractivity contribution < 1.29 is 19.1 Å². The first-order valence-electron chi connectivity index (χ1n) is 11.3. The van der Waals surface area contributed by atoms with E-state index in [-0.39, 0.29) is 24.4 Å². The van der Waals surface area contributed by atoms with Crippen LogP contribution in [0.3, 0.4) is 0 Å². The molecule has 0 aliphatic carbocycles. The van der Waals surface area contributed by atoms with Gasteiger partial charge in [0.25, 0.3) is 0 Å². The van der Waals surface area contributed by atoms with Gasteiger partial charge in [-0.05, 0) is 54.9 Å². The van der Waals surface area contributed by atoms with Crippen LogP contribution in [0.4, 0.5) is 0 Å². The van der Waals surface area contributed by atoms with Gasteiger partial charge in [0.1, 0.15) is 0 Å². The molecule has 5 nitrogen and oxygen atoms in total. The molecule has 4 rings (SSSR count). The molecule has 2 heterocycles. The largest absolute Gasteiger partial charge is 0.454 e. The van der Waals surface area contributed by atoms with Crippen molar-refractivity contribution in [3.63, 3.8) is 0 Å². The van der Waals surface area contributed by atoms with Crippen molar-refractivity contribution in [2.24, 2.45) is 11.8 Å². The normalized spacial score (nSPS) is 16.0. The van der Waals surface area contributed by atoms with E-state index < -0.39 is 0 Å². The van der Waals surface area contributed by atoms with Crippen LogP contribution in [0.1, 0.15) is 54.6 Å². The standard InChI is InChI=1S/C26H31NO4/c1-18(2)15-19-3-7-21(8-4-19)26(29)22-11-13-27(14-12-22)25(28)10-6-20-5-9-23-24(16-20)31-17-30-23/h3-5,7-9,16,18,22H,6,10-15,17H2,1-2H3. The number of benzene rings is 2. The highest BCUT2D eigenvalue weighted by Gasteiger charge is 2.28. The molecule has 5 heteroatoms. The summed E-state index contributed by atoms with van der Waals surface area (Å²) in [6.45, 7) is 5.96. The molecule has 0 spiro atoms. The number of aryl methyl sites for hydroxylation is 1. The Hall–Kier alpha value is -2.82. The van der Waals surface area contributed by atoms with Gasteiger partial charge in [-0.15, -0.1) is 0 Å². The number of hydrogen-bond acceptors (Lipinski definition) is 4. The zero-order valence-electron chi connectivity index (χ0n) is 18.4. The fraction of sp³-hybridized carbons (Fsp3) is 0.462. The molecular weight excluding hydrogens is 390 g/mol. The number of piperidine rings is 1. The van der Waals surface area contributed by atoms with E-state index in [1.165, 1.54) is 5.56 Å². The first-order chi connectivity index (χ1) is 15.0. The smallest absolute Gasteiger partial charge is 0.231 e. The number of fused-ring (bicyclic) bond motifs is 1. The number of carbonyl (C=O) groups excluding carboxylic acids is 2. The predicted molar refractivity (Wildman–Crippen MR) is 120 cm³/mol.